The van der Waals surface area contributed by atoms with Crippen LogP contribution in [0.3, 0.4) is 0 Å². The lowest BCUT2D eigenvalue weighted by molar-refractivity contribution is 0.0856. The highest BCUT2D eigenvalue weighted by Crippen LogP contribution is 2.30. The Bertz CT molecular complexity index is 352. The lowest BCUT2D eigenvalue weighted by Gasteiger charge is -2.26. The van der Waals surface area contributed by atoms with Gasteiger partial charge in [0, 0.05) is 10.9 Å². The first kappa shape index (κ1) is 13.5. The lowest BCUT2D eigenvalue weighted by atomic mass is 9.85. The number of aryl methyl sites for hydroxylation is 1. The third kappa shape index (κ3) is 2.97. The molecule has 2 atom stereocenters. The van der Waals surface area contributed by atoms with E-state index in [-0.39, 0.29) is 5.92 Å². The third-order valence-electron chi connectivity index (χ3n) is 3.08. The molecule has 1 aromatic rings. The zero-order chi connectivity index (χ0) is 12.3. The highest BCUT2D eigenvalue weighted by Gasteiger charge is 2.23. The summed E-state index contributed by atoms with van der Waals surface area (Å²) in [5, 5.41) is 11.0. The van der Waals surface area contributed by atoms with Crippen LogP contribution in [0.4, 0.5) is 0 Å². The van der Waals surface area contributed by atoms with Crippen LogP contribution in [0.2, 0.25) is 5.02 Å². The smallest absolute Gasteiger partial charge is 0.0835 e. The molecule has 0 aliphatic heterocycles. The quantitative estimate of drug-likeness (QED) is 0.852. The third-order valence-corrected chi connectivity index (χ3v) is 3.32. The van der Waals surface area contributed by atoms with E-state index < -0.39 is 6.10 Å². The number of benzene rings is 1. The SMILES string of the molecule is Cc1cc(Cl)ccc1C(O)C(CN)C(C)C. The molecule has 1 rings (SSSR count). The molecular formula is C13H20ClNO. The van der Waals surface area contributed by atoms with Crippen LogP contribution in [0, 0.1) is 18.8 Å². The molecule has 0 amide bonds. The minimum atomic E-state index is -0.512. The highest BCUT2D eigenvalue weighted by atomic mass is 35.5. The lowest BCUT2D eigenvalue weighted by Crippen LogP contribution is -2.27. The van der Waals surface area contributed by atoms with Crippen molar-refractivity contribution in [2.24, 2.45) is 17.6 Å². The van der Waals surface area contributed by atoms with Gasteiger partial charge in [-0.3, -0.25) is 0 Å². The van der Waals surface area contributed by atoms with Gasteiger partial charge in [-0.2, -0.15) is 0 Å². The maximum absolute atomic E-state index is 10.3. The second-order valence-electron chi connectivity index (χ2n) is 4.59. The van der Waals surface area contributed by atoms with E-state index in [1.807, 2.05) is 19.1 Å². The predicted octanol–water partition coefficient (Wildman–Crippen LogP) is 2.91. The zero-order valence-corrected chi connectivity index (χ0v) is 10.8. The Kier molecular flexibility index (Phi) is 4.78. The largest absolute Gasteiger partial charge is 0.388 e. The molecular weight excluding hydrogens is 222 g/mol. The summed E-state index contributed by atoms with van der Waals surface area (Å²) in [7, 11) is 0. The molecule has 2 unspecified atom stereocenters. The summed E-state index contributed by atoms with van der Waals surface area (Å²) in [6.45, 7) is 6.59. The van der Waals surface area contributed by atoms with Crippen molar-refractivity contribution in [1.29, 1.82) is 0 Å². The summed E-state index contributed by atoms with van der Waals surface area (Å²) in [4.78, 5) is 0. The molecule has 16 heavy (non-hydrogen) atoms. The van der Waals surface area contributed by atoms with Crippen molar-refractivity contribution in [3.05, 3.63) is 34.3 Å². The van der Waals surface area contributed by atoms with Crippen LogP contribution in [0.1, 0.15) is 31.1 Å². The van der Waals surface area contributed by atoms with Crippen LogP contribution in [-0.4, -0.2) is 11.7 Å². The van der Waals surface area contributed by atoms with Crippen molar-refractivity contribution in [2.75, 3.05) is 6.54 Å². The van der Waals surface area contributed by atoms with E-state index in [1.165, 1.54) is 0 Å². The van der Waals surface area contributed by atoms with Gasteiger partial charge in [0.15, 0.2) is 0 Å². The fraction of sp³-hybridized carbons (Fsp3) is 0.538. The van der Waals surface area contributed by atoms with Gasteiger partial charge in [-0.1, -0.05) is 31.5 Å². The molecule has 0 saturated heterocycles. The molecule has 0 radical (unpaired) electrons. The summed E-state index contributed by atoms with van der Waals surface area (Å²) in [5.74, 6) is 0.440. The Hall–Kier alpha value is -0.570. The molecule has 0 fully saturated rings. The molecule has 3 N–H and O–H groups in total. The molecule has 90 valence electrons. The maximum atomic E-state index is 10.3. The van der Waals surface area contributed by atoms with Gasteiger partial charge in [0.05, 0.1) is 6.10 Å². The fourth-order valence-corrected chi connectivity index (χ4v) is 2.19. The van der Waals surface area contributed by atoms with Gasteiger partial charge in [-0.15, -0.1) is 0 Å². The number of rotatable bonds is 4. The summed E-state index contributed by atoms with van der Waals surface area (Å²) in [5.41, 5.74) is 7.64. The van der Waals surface area contributed by atoms with Crippen LogP contribution in [0.25, 0.3) is 0 Å². The Balaban J connectivity index is 2.99. The van der Waals surface area contributed by atoms with Gasteiger partial charge < -0.3 is 10.8 Å². The Labute approximate surface area is 102 Å². The summed E-state index contributed by atoms with van der Waals surface area (Å²) < 4.78 is 0. The van der Waals surface area contributed by atoms with Crippen molar-refractivity contribution < 1.29 is 5.11 Å². The Morgan fingerprint density at radius 2 is 2.00 bits per heavy atom. The number of nitrogens with two attached hydrogens (primary N) is 1. The molecule has 2 nitrogen and oxygen atoms in total. The Morgan fingerprint density at radius 3 is 2.44 bits per heavy atom. The molecule has 0 aliphatic carbocycles. The molecule has 0 spiro atoms. The van der Waals surface area contributed by atoms with Crippen LogP contribution in [0.5, 0.6) is 0 Å². The van der Waals surface area contributed by atoms with Gasteiger partial charge in [-0.25, -0.2) is 0 Å². The van der Waals surface area contributed by atoms with E-state index in [9.17, 15) is 5.11 Å². The number of hydrogen-bond donors (Lipinski definition) is 2. The molecule has 0 bridgehead atoms. The molecule has 0 saturated carbocycles. The second-order valence-corrected chi connectivity index (χ2v) is 5.03. The van der Waals surface area contributed by atoms with Crippen LogP contribution >= 0.6 is 11.6 Å². The maximum Gasteiger partial charge on any atom is 0.0835 e. The van der Waals surface area contributed by atoms with Gasteiger partial charge >= 0.3 is 0 Å². The van der Waals surface area contributed by atoms with Gasteiger partial charge in [-0.05, 0) is 42.6 Å². The first-order chi connectivity index (χ1) is 7.47. The van der Waals surface area contributed by atoms with E-state index in [4.69, 9.17) is 17.3 Å². The van der Waals surface area contributed by atoms with E-state index in [1.54, 1.807) is 6.07 Å². The van der Waals surface area contributed by atoms with Crippen LogP contribution in [0.15, 0.2) is 18.2 Å². The van der Waals surface area contributed by atoms with E-state index >= 15 is 0 Å². The number of hydrogen-bond acceptors (Lipinski definition) is 2. The normalized spacial score (nSPS) is 15.2. The topological polar surface area (TPSA) is 46.2 Å². The molecule has 0 aliphatic rings. The van der Waals surface area contributed by atoms with Gasteiger partial charge in [0.1, 0.15) is 0 Å². The van der Waals surface area contributed by atoms with Gasteiger partial charge in [0.2, 0.25) is 0 Å². The number of aliphatic hydroxyl groups excluding tert-OH is 1. The van der Waals surface area contributed by atoms with Crippen molar-refractivity contribution in [3.8, 4) is 0 Å². The fourth-order valence-electron chi connectivity index (χ4n) is 1.97. The Morgan fingerprint density at radius 1 is 1.38 bits per heavy atom. The average Bonchev–Trinajstić information content (AvgIpc) is 2.17. The van der Waals surface area contributed by atoms with E-state index in [0.29, 0.717) is 17.5 Å². The second kappa shape index (κ2) is 5.67. The molecule has 0 heterocycles. The summed E-state index contributed by atoms with van der Waals surface area (Å²) in [6, 6.07) is 5.56. The van der Waals surface area contributed by atoms with E-state index in [0.717, 1.165) is 11.1 Å². The van der Waals surface area contributed by atoms with Crippen molar-refractivity contribution >= 4 is 11.6 Å². The molecule has 3 heteroatoms. The summed E-state index contributed by atoms with van der Waals surface area (Å²) >= 11 is 5.89. The minimum absolute atomic E-state index is 0.0832. The van der Waals surface area contributed by atoms with E-state index in [2.05, 4.69) is 13.8 Å². The highest BCUT2D eigenvalue weighted by molar-refractivity contribution is 6.30. The minimum Gasteiger partial charge on any atom is -0.388 e. The first-order valence-corrected chi connectivity index (χ1v) is 5.99. The van der Waals surface area contributed by atoms with Crippen LogP contribution < -0.4 is 5.73 Å². The number of aliphatic hydroxyl groups is 1. The summed E-state index contributed by atoms with van der Waals surface area (Å²) in [6.07, 6.45) is -0.512. The first-order valence-electron chi connectivity index (χ1n) is 5.61. The van der Waals surface area contributed by atoms with Crippen molar-refractivity contribution in [2.45, 2.75) is 26.9 Å². The number of halogens is 1. The zero-order valence-electron chi connectivity index (χ0n) is 10.1. The van der Waals surface area contributed by atoms with Gasteiger partial charge in [0.25, 0.3) is 0 Å². The van der Waals surface area contributed by atoms with Crippen LogP contribution in [-0.2, 0) is 0 Å². The van der Waals surface area contributed by atoms with Crippen molar-refractivity contribution in [1.82, 2.24) is 0 Å². The standard InChI is InChI=1S/C13H20ClNO/c1-8(2)12(7-15)13(16)11-5-4-10(14)6-9(11)3/h4-6,8,12-13,16H,7,15H2,1-3H3. The molecule has 1 aromatic carbocycles. The predicted molar refractivity (Wildman–Crippen MR) is 68.5 cm³/mol. The monoisotopic (exact) mass is 241 g/mol. The average molecular weight is 242 g/mol. The van der Waals surface area contributed by atoms with Crippen molar-refractivity contribution in [3.63, 3.8) is 0 Å². The molecule has 0 aromatic heterocycles.